The molecule has 0 bridgehead atoms. The van der Waals surface area contributed by atoms with Crippen LogP contribution in [0.5, 0.6) is 0 Å². The number of anilines is 1. The molecule has 0 unspecified atom stereocenters. The van der Waals surface area contributed by atoms with Gasteiger partial charge in [0, 0.05) is 11.6 Å². The van der Waals surface area contributed by atoms with E-state index in [-0.39, 0.29) is 11.9 Å². The smallest absolute Gasteiger partial charge is 0.256 e. The molecular weight excluding hydrogens is 350 g/mol. The first-order valence-electron chi connectivity index (χ1n) is 9.21. The zero-order valence-electron chi connectivity index (χ0n) is 15.7. The van der Waals surface area contributed by atoms with Gasteiger partial charge in [-0.2, -0.15) is 5.26 Å². The second kappa shape index (κ2) is 7.12. The lowest BCUT2D eigenvalue weighted by Gasteiger charge is -2.17. The fourth-order valence-electron chi connectivity index (χ4n) is 3.27. The van der Waals surface area contributed by atoms with Gasteiger partial charge < -0.3 is 9.88 Å². The van der Waals surface area contributed by atoms with Crippen LogP contribution in [-0.2, 0) is 0 Å². The number of nitriles is 1. The van der Waals surface area contributed by atoms with Gasteiger partial charge in [0.15, 0.2) is 5.65 Å². The Hall–Kier alpha value is -3.72. The summed E-state index contributed by atoms with van der Waals surface area (Å²) in [6, 6.07) is 18.8. The molecule has 2 heterocycles. The van der Waals surface area contributed by atoms with Gasteiger partial charge >= 0.3 is 0 Å². The van der Waals surface area contributed by atoms with Crippen LogP contribution in [-0.4, -0.2) is 20.4 Å². The van der Waals surface area contributed by atoms with Crippen molar-refractivity contribution in [2.24, 2.45) is 0 Å². The third-order valence-corrected chi connectivity index (χ3v) is 4.91. The topological polar surface area (TPSA) is 83.6 Å². The van der Waals surface area contributed by atoms with Crippen LogP contribution in [0.3, 0.4) is 0 Å². The van der Waals surface area contributed by atoms with Crippen LogP contribution in [0, 0.1) is 11.3 Å². The van der Waals surface area contributed by atoms with E-state index in [9.17, 15) is 10.1 Å². The fourth-order valence-corrected chi connectivity index (χ4v) is 3.27. The molecular formula is C22H19N5O. The SMILES string of the molecule is CC[C@@H](C)n1c(NC(=O)c2ccccc2)c(C#N)c2nc3ccccc3nc21. The summed E-state index contributed by atoms with van der Waals surface area (Å²) in [5.74, 6) is 0.171. The Morgan fingerprint density at radius 1 is 1.11 bits per heavy atom. The van der Waals surface area contributed by atoms with Crippen LogP contribution < -0.4 is 5.32 Å². The van der Waals surface area contributed by atoms with Gasteiger partial charge in [0.05, 0.1) is 11.0 Å². The first-order valence-corrected chi connectivity index (χ1v) is 9.21. The number of nitrogens with zero attached hydrogens (tertiary/aromatic N) is 4. The highest BCUT2D eigenvalue weighted by molar-refractivity contribution is 6.06. The van der Waals surface area contributed by atoms with Gasteiger partial charge in [-0.1, -0.05) is 37.3 Å². The molecule has 4 aromatic rings. The number of amides is 1. The lowest BCUT2D eigenvalue weighted by atomic mass is 10.2. The van der Waals surface area contributed by atoms with Gasteiger partial charge in [0.2, 0.25) is 0 Å². The largest absolute Gasteiger partial charge is 0.307 e. The highest BCUT2D eigenvalue weighted by atomic mass is 16.1. The zero-order chi connectivity index (χ0) is 19.7. The standard InChI is InChI=1S/C22H19N5O/c1-3-14(2)27-20(26-22(28)15-9-5-4-6-10-15)16(13-23)19-21(27)25-18-12-8-7-11-17(18)24-19/h4-12,14H,3H2,1-2H3,(H,26,28)/t14-/m1/s1. The molecule has 138 valence electrons. The predicted molar refractivity (Wildman–Crippen MR) is 109 cm³/mol. The molecule has 0 saturated carbocycles. The average Bonchev–Trinajstić information content (AvgIpc) is 3.03. The van der Waals surface area contributed by atoms with Gasteiger partial charge in [-0.15, -0.1) is 0 Å². The third-order valence-electron chi connectivity index (χ3n) is 4.91. The van der Waals surface area contributed by atoms with Crippen molar-refractivity contribution in [3.05, 3.63) is 65.7 Å². The molecule has 28 heavy (non-hydrogen) atoms. The maximum absolute atomic E-state index is 12.8. The molecule has 2 aromatic carbocycles. The Labute approximate surface area is 162 Å². The Kier molecular flexibility index (Phi) is 4.50. The number of rotatable bonds is 4. The lowest BCUT2D eigenvalue weighted by Crippen LogP contribution is -2.17. The van der Waals surface area contributed by atoms with Crippen LogP contribution >= 0.6 is 0 Å². The number of benzene rings is 2. The van der Waals surface area contributed by atoms with E-state index >= 15 is 0 Å². The highest BCUT2D eigenvalue weighted by Crippen LogP contribution is 2.33. The normalized spacial score (nSPS) is 12.0. The van der Waals surface area contributed by atoms with Crippen molar-refractivity contribution >= 4 is 33.9 Å². The van der Waals surface area contributed by atoms with E-state index in [1.165, 1.54) is 0 Å². The summed E-state index contributed by atoms with van der Waals surface area (Å²) in [5.41, 5.74) is 3.44. The van der Waals surface area contributed by atoms with Crippen LogP contribution in [0.2, 0.25) is 0 Å². The van der Waals surface area contributed by atoms with E-state index in [0.29, 0.717) is 33.6 Å². The van der Waals surface area contributed by atoms with Crippen molar-refractivity contribution in [2.45, 2.75) is 26.3 Å². The minimum absolute atomic E-state index is 0.0335. The first kappa shape index (κ1) is 17.7. The van der Waals surface area contributed by atoms with Gasteiger partial charge in [-0.25, -0.2) is 9.97 Å². The summed E-state index contributed by atoms with van der Waals surface area (Å²) >= 11 is 0. The minimum atomic E-state index is -0.269. The van der Waals surface area contributed by atoms with Crippen molar-refractivity contribution in [1.82, 2.24) is 14.5 Å². The summed E-state index contributed by atoms with van der Waals surface area (Å²) in [7, 11) is 0. The van der Waals surface area contributed by atoms with E-state index in [0.717, 1.165) is 11.9 Å². The molecule has 1 amide bonds. The molecule has 0 aliphatic heterocycles. The van der Waals surface area contributed by atoms with Crippen LogP contribution in [0.15, 0.2) is 54.6 Å². The second-order valence-corrected chi connectivity index (χ2v) is 6.67. The van der Waals surface area contributed by atoms with Gasteiger partial charge in [0.25, 0.3) is 5.91 Å². The lowest BCUT2D eigenvalue weighted by molar-refractivity contribution is 0.102. The third kappa shape index (κ3) is 2.87. The molecule has 0 aliphatic rings. The van der Waals surface area contributed by atoms with Crippen LogP contribution in [0.4, 0.5) is 5.82 Å². The van der Waals surface area contributed by atoms with Crippen molar-refractivity contribution in [2.75, 3.05) is 5.32 Å². The molecule has 1 N–H and O–H groups in total. The molecule has 6 nitrogen and oxygen atoms in total. The molecule has 0 aliphatic carbocycles. The molecule has 0 saturated heterocycles. The van der Waals surface area contributed by atoms with E-state index in [4.69, 9.17) is 4.98 Å². The zero-order valence-corrected chi connectivity index (χ0v) is 15.7. The Balaban J connectivity index is 1.96. The molecule has 0 radical (unpaired) electrons. The van der Waals surface area contributed by atoms with E-state index in [2.05, 4.69) is 23.3 Å². The van der Waals surface area contributed by atoms with Crippen molar-refractivity contribution in [3.63, 3.8) is 0 Å². The Bertz CT molecular complexity index is 1220. The maximum atomic E-state index is 12.8. The summed E-state index contributed by atoms with van der Waals surface area (Å²) < 4.78 is 1.91. The number of carbonyl (C=O) groups excluding carboxylic acids is 1. The molecule has 0 spiro atoms. The summed E-state index contributed by atoms with van der Waals surface area (Å²) in [5, 5.41) is 12.8. The Morgan fingerprint density at radius 2 is 1.75 bits per heavy atom. The number of carbonyl (C=O) groups is 1. The molecule has 4 rings (SSSR count). The minimum Gasteiger partial charge on any atom is -0.307 e. The average molecular weight is 369 g/mol. The van der Waals surface area contributed by atoms with Crippen LogP contribution in [0.1, 0.15) is 42.2 Å². The second-order valence-electron chi connectivity index (χ2n) is 6.67. The van der Waals surface area contributed by atoms with Gasteiger partial charge in [0.1, 0.15) is 23.0 Å². The predicted octanol–water partition coefficient (Wildman–Crippen LogP) is 4.68. The van der Waals surface area contributed by atoms with E-state index in [1.54, 1.807) is 24.3 Å². The number of para-hydroxylation sites is 2. The molecule has 6 heteroatoms. The van der Waals surface area contributed by atoms with Crippen molar-refractivity contribution in [3.8, 4) is 6.07 Å². The number of nitrogens with one attached hydrogen (secondary N) is 1. The fraction of sp³-hybridized carbons (Fsp3) is 0.182. The Morgan fingerprint density at radius 3 is 2.39 bits per heavy atom. The molecule has 1 atom stereocenters. The van der Waals surface area contributed by atoms with Gasteiger partial charge in [-0.3, -0.25) is 4.79 Å². The number of hydrogen-bond acceptors (Lipinski definition) is 4. The quantitative estimate of drug-likeness (QED) is 0.566. The summed E-state index contributed by atoms with van der Waals surface area (Å²) in [6.45, 7) is 4.09. The van der Waals surface area contributed by atoms with E-state index in [1.807, 2.05) is 41.8 Å². The van der Waals surface area contributed by atoms with Crippen molar-refractivity contribution < 1.29 is 4.79 Å². The maximum Gasteiger partial charge on any atom is 0.256 e. The summed E-state index contributed by atoms with van der Waals surface area (Å²) in [4.78, 5) is 22.2. The number of aromatic nitrogens is 3. The molecule has 0 fully saturated rings. The first-order chi connectivity index (χ1) is 13.6. The number of fused-ring (bicyclic) bond motifs is 2. The monoisotopic (exact) mass is 369 g/mol. The molecule has 2 aromatic heterocycles. The van der Waals surface area contributed by atoms with Crippen molar-refractivity contribution in [1.29, 1.82) is 5.26 Å². The van der Waals surface area contributed by atoms with Crippen LogP contribution in [0.25, 0.3) is 22.2 Å². The number of hydrogen-bond donors (Lipinski definition) is 1. The highest BCUT2D eigenvalue weighted by Gasteiger charge is 2.24. The summed E-state index contributed by atoms with van der Waals surface area (Å²) in [6.07, 6.45) is 0.817. The van der Waals surface area contributed by atoms with Gasteiger partial charge in [-0.05, 0) is 37.6 Å². The van der Waals surface area contributed by atoms with E-state index < -0.39 is 0 Å².